The Kier molecular flexibility index (Phi) is 2.98. The Balaban J connectivity index is 2.22. The van der Waals surface area contributed by atoms with Crippen molar-refractivity contribution in [1.82, 2.24) is 10.2 Å². The Hall–Kier alpha value is -2.06. The predicted molar refractivity (Wildman–Crippen MR) is 60.1 cm³/mol. The lowest BCUT2D eigenvalue weighted by Crippen LogP contribution is -2.30. The van der Waals surface area contributed by atoms with Gasteiger partial charge in [0.2, 0.25) is 5.91 Å². The second-order valence-corrected chi connectivity index (χ2v) is 3.96. The van der Waals surface area contributed by atoms with Crippen LogP contribution in [0.2, 0.25) is 5.02 Å². The van der Waals surface area contributed by atoms with Crippen molar-refractivity contribution >= 4 is 23.5 Å². The van der Waals surface area contributed by atoms with E-state index >= 15 is 0 Å². The lowest BCUT2D eigenvalue weighted by atomic mass is 10.1. The molecule has 1 aromatic rings. The van der Waals surface area contributed by atoms with Gasteiger partial charge in [-0.3, -0.25) is 9.69 Å². The second-order valence-electron chi connectivity index (χ2n) is 3.56. The molecule has 0 aromatic heterocycles. The Labute approximate surface area is 103 Å². The third-order valence-corrected chi connectivity index (χ3v) is 2.80. The topological polar surface area (TPSA) is 73.2 Å². The van der Waals surface area contributed by atoms with E-state index in [4.69, 9.17) is 16.9 Å². The van der Waals surface area contributed by atoms with Crippen LogP contribution in [0.5, 0.6) is 0 Å². The van der Waals surface area contributed by atoms with Crippen LogP contribution in [0.1, 0.15) is 11.1 Å². The van der Waals surface area contributed by atoms with Crippen LogP contribution in [-0.4, -0.2) is 23.4 Å². The first-order valence-corrected chi connectivity index (χ1v) is 5.26. The van der Waals surface area contributed by atoms with Gasteiger partial charge in [-0.25, -0.2) is 4.79 Å². The first kappa shape index (κ1) is 11.4. The van der Waals surface area contributed by atoms with Crippen molar-refractivity contribution in [2.75, 3.05) is 6.54 Å². The lowest BCUT2D eigenvalue weighted by molar-refractivity contribution is -0.125. The highest BCUT2D eigenvalue weighted by atomic mass is 35.5. The molecule has 17 heavy (non-hydrogen) atoms. The standard InChI is InChI=1S/C11H8ClN3O2/c12-9-3-7(4-13)1-2-8(9)6-15-10(16)5-14-11(15)17/h1-3H,5-6H2,(H,14,17). The molecule has 0 saturated carbocycles. The summed E-state index contributed by atoms with van der Waals surface area (Å²) < 4.78 is 0. The molecule has 0 bridgehead atoms. The van der Waals surface area contributed by atoms with Crippen LogP contribution in [0.15, 0.2) is 18.2 Å². The van der Waals surface area contributed by atoms with Crippen molar-refractivity contribution in [1.29, 1.82) is 5.26 Å². The molecule has 86 valence electrons. The minimum absolute atomic E-state index is 0.0206. The van der Waals surface area contributed by atoms with Crippen LogP contribution in [0.25, 0.3) is 0 Å². The second kappa shape index (κ2) is 4.44. The summed E-state index contributed by atoms with van der Waals surface area (Å²) >= 11 is 5.96. The van der Waals surface area contributed by atoms with Crippen LogP contribution >= 0.6 is 11.6 Å². The molecule has 0 radical (unpaired) electrons. The summed E-state index contributed by atoms with van der Waals surface area (Å²) in [5, 5.41) is 11.5. The molecule has 2 rings (SSSR count). The third kappa shape index (κ3) is 2.22. The number of imide groups is 1. The minimum Gasteiger partial charge on any atom is -0.329 e. The zero-order valence-corrected chi connectivity index (χ0v) is 9.49. The fourth-order valence-corrected chi connectivity index (χ4v) is 1.77. The molecule has 5 nitrogen and oxygen atoms in total. The zero-order chi connectivity index (χ0) is 12.4. The normalized spacial score (nSPS) is 14.7. The van der Waals surface area contributed by atoms with Gasteiger partial charge in [0.15, 0.2) is 0 Å². The van der Waals surface area contributed by atoms with Gasteiger partial charge in [0.1, 0.15) is 0 Å². The first-order chi connectivity index (χ1) is 8.11. The molecular formula is C11H8ClN3O2. The van der Waals surface area contributed by atoms with Gasteiger partial charge in [-0.1, -0.05) is 17.7 Å². The summed E-state index contributed by atoms with van der Waals surface area (Å²) in [4.78, 5) is 23.8. The fourth-order valence-electron chi connectivity index (χ4n) is 1.53. The number of nitrogens with zero attached hydrogens (tertiary/aromatic N) is 2. The van der Waals surface area contributed by atoms with E-state index in [0.29, 0.717) is 16.1 Å². The highest BCUT2D eigenvalue weighted by Crippen LogP contribution is 2.20. The van der Waals surface area contributed by atoms with Gasteiger partial charge in [-0.05, 0) is 17.7 Å². The van der Waals surface area contributed by atoms with E-state index in [-0.39, 0.29) is 19.0 Å². The quantitative estimate of drug-likeness (QED) is 0.802. The molecule has 1 N–H and O–H groups in total. The average molecular weight is 250 g/mol. The van der Waals surface area contributed by atoms with E-state index in [2.05, 4.69) is 5.32 Å². The number of halogens is 1. The molecule has 1 aromatic carbocycles. The molecule has 6 heteroatoms. The van der Waals surface area contributed by atoms with Gasteiger partial charge >= 0.3 is 6.03 Å². The number of benzene rings is 1. The van der Waals surface area contributed by atoms with E-state index in [1.54, 1.807) is 12.1 Å². The molecular weight excluding hydrogens is 242 g/mol. The van der Waals surface area contributed by atoms with Crippen LogP contribution < -0.4 is 5.32 Å². The van der Waals surface area contributed by atoms with E-state index in [9.17, 15) is 9.59 Å². The van der Waals surface area contributed by atoms with E-state index in [0.717, 1.165) is 4.90 Å². The molecule has 3 amide bonds. The number of carbonyl (C=O) groups is 2. The maximum absolute atomic E-state index is 11.4. The number of rotatable bonds is 2. The van der Waals surface area contributed by atoms with Gasteiger partial charge in [-0.15, -0.1) is 0 Å². The Bertz CT molecular complexity index is 520. The van der Waals surface area contributed by atoms with Gasteiger partial charge in [0, 0.05) is 5.02 Å². The van der Waals surface area contributed by atoms with E-state index < -0.39 is 6.03 Å². The van der Waals surface area contributed by atoms with Gasteiger partial charge < -0.3 is 5.32 Å². The smallest absolute Gasteiger partial charge is 0.324 e. The van der Waals surface area contributed by atoms with Crippen LogP contribution in [0.4, 0.5) is 4.79 Å². The maximum atomic E-state index is 11.4. The van der Waals surface area contributed by atoms with Crippen LogP contribution in [0.3, 0.4) is 0 Å². The predicted octanol–water partition coefficient (Wildman–Crippen LogP) is 1.26. The average Bonchev–Trinajstić information content (AvgIpc) is 2.63. The van der Waals surface area contributed by atoms with Gasteiger partial charge in [0.05, 0.1) is 24.7 Å². The molecule has 0 spiro atoms. The monoisotopic (exact) mass is 249 g/mol. The molecule has 1 heterocycles. The molecule has 0 aliphatic carbocycles. The summed E-state index contributed by atoms with van der Waals surface area (Å²) in [6, 6.07) is 6.29. The Morgan fingerprint density at radius 1 is 1.47 bits per heavy atom. The third-order valence-electron chi connectivity index (χ3n) is 2.45. The fraction of sp³-hybridized carbons (Fsp3) is 0.182. The molecule has 1 aliphatic heterocycles. The molecule has 1 saturated heterocycles. The highest BCUT2D eigenvalue weighted by molar-refractivity contribution is 6.31. The van der Waals surface area contributed by atoms with Gasteiger partial charge in [0.25, 0.3) is 0 Å². The van der Waals surface area contributed by atoms with Crippen molar-refractivity contribution in [3.63, 3.8) is 0 Å². The number of amides is 3. The van der Waals surface area contributed by atoms with Crippen molar-refractivity contribution in [2.24, 2.45) is 0 Å². The lowest BCUT2D eigenvalue weighted by Gasteiger charge is -2.13. The molecule has 1 aliphatic rings. The van der Waals surface area contributed by atoms with Crippen molar-refractivity contribution in [2.45, 2.75) is 6.54 Å². The van der Waals surface area contributed by atoms with Crippen molar-refractivity contribution < 1.29 is 9.59 Å². The molecule has 0 unspecified atom stereocenters. The minimum atomic E-state index is -0.421. The summed E-state index contributed by atoms with van der Waals surface area (Å²) in [6.07, 6.45) is 0. The van der Waals surface area contributed by atoms with Crippen LogP contribution in [-0.2, 0) is 11.3 Å². The van der Waals surface area contributed by atoms with E-state index in [1.165, 1.54) is 6.07 Å². The number of hydrogen-bond donors (Lipinski definition) is 1. The number of nitrogens with one attached hydrogen (secondary N) is 1. The Morgan fingerprint density at radius 2 is 2.24 bits per heavy atom. The molecule has 1 fully saturated rings. The number of hydrogen-bond acceptors (Lipinski definition) is 3. The first-order valence-electron chi connectivity index (χ1n) is 4.88. The Morgan fingerprint density at radius 3 is 2.76 bits per heavy atom. The number of urea groups is 1. The summed E-state index contributed by atoms with van der Waals surface area (Å²) in [7, 11) is 0. The van der Waals surface area contributed by atoms with Gasteiger partial charge in [-0.2, -0.15) is 5.26 Å². The number of nitriles is 1. The highest BCUT2D eigenvalue weighted by Gasteiger charge is 2.28. The summed E-state index contributed by atoms with van der Waals surface area (Å²) in [5.41, 5.74) is 1.08. The summed E-state index contributed by atoms with van der Waals surface area (Å²) in [5.74, 6) is -0.282. The largest absolute Gasteiger partial charge is 0.329 e. The molecule has 0 atom stereocenters. The number of carbonyl (C=O) groups excluding carboxylic acids is 2. The maximum Gasteiger partial charge on any atom is 0.324 e. The van der Waals surface area contributed by atoms with E-state index in [1.807, 2.05) is 6.07 Å². The summed E-state index contributed by atoms with van der Waals surface area (Å²) in [6.45, 7) is 0.141. The van der Waals surface area contributed by atoms with Crippen molar-refractivity contribution in [3.8, 4) is 6.07 Å². The van der Waals surface area contributed by atoms with Crippen LogP contribution in [0, 0.1) is 11.3 Å². The van der Waals surface area contributed by atoms with Crippen molar-refractivity contribution in [3.05, 3.63) is 34.3 Å². The zero-order valence-electron chi connectivity index (χ0n) is 8.74. The SMILES string of the molecule is N#Cc1ccc(CN2C(=O)CNC2=O)c(Cl)c1.